The molecule has 102 valence electrons. The predicted octanol–water partition coefficient (Wildman–Crippen LogP) is 1.26. The summed E-state index contributed by atoms with van der Waals surface area (Å²) in [5.41, 5.74) is 6.13. The summed E-state index contributed by atoms with van der Waals surface area (Å²) >= 11 is 3.22. The molecule has 5 nitrogen and oxygen atoms in total. The van der Waals surface area contributed by atoms with E-state index >= 15 is 0 Å². The van der Waals surface area contributed by atoms with Gasteiger partial charge in [-0.15, -0.1) is 0 Å². The van der Waals surface area contributed by atoms with E-state index in [1.54, 1.807) is 6.07 Å². The molecule has 0 spiro atoms. The van der Waals surface area contributed by atoms with Crippen LogP contribution in [0.15, 0.2) is 27.6 Å². The van der Waals surface area contributed by atoms with E-state index in [-0.39, 0.29) is 4.90 Å². The summed E-state index contributed by atoms with van der Waals surface area (Å²) in [4.78, 5) is 2.24. The van der Waals surface area contributed by atoms with Gasteiger partial charge in [0.2, 0.25) is 10.0 Å². The molecule has 1 rings (SSSR count). The highest BCUT2D eigenvalue weighted by molar-refractivity contribution is 9.10. The Morgan fingerprint density at radius 2 is 2.11 bits per heavy atom. The number of halogens is 1. The Balaban J connectivity index is 2.71. The number of rotatable bonds is 6. The number of anilines is 1. The Hall–Kier alpha value is -0.630. The van der Waals surface area contributed by atoms with Crippen molar-refractivity contribution in [2.24, 2.45) is 0 Å². The Morgan fingerprint density at radius 3 is 2.67 bits per heavy atom. The van der Waals surface area contributed by atoms with E-state index in [0.717, 1.165) is 6.54 Å². The second kappa shape index (κ2) is 6.51. The Morgan fingerprint density at radius 1 is 1.44 bits per heavy atom. The summed E-state index contributed by atoms with van der Waals surface area (Å²) in [6.45, 7) is 3.96. The molecule has 0 aliphatic heterocycles. The largest absolute Gasteiger partial charge is 0.398 e. The zero-order valence-corrected chi connectivity index (χ0v) is 12.9. The molecule has 0 aromatic heterocycles. The van der Waals surface area contributed by atoms with Crippen molar-refractivity contribution < 1.29 is 8.42 Å². The lowest BCUT2D eigenvalue weighted by molar-refractivity contribution is 0.358. The van der Waals surface area contributed by atoms with Crippen LogP contribution in [-0.2, 0) is 10.0 Å². The Labute approximate surface area is 117 Å². The summed E-state index contributed by atoms with van der Waals surface area (Å²) in [7, 11) is -1.53. The van der Waals surface area contributed by atoms with Gasteiger partial charge in [-0.2, -0.15) is 0 Å². The van der Waals surface area contributed by atoms with Crippen LogP contribution in [0.1, 0.15) is 6.92 Å². The van der Waals surface area contributed by atoms with Crippen LogP contribution in [0.5, 0.6) is 0 Å². The fourth-order valence-corrected chi connectivity index (χ4v) is 2.86. The molecule has 0 amide bonds. The number of nitrogens with zero attached hydrogens (tertiary/aromatic N) is 1. The van der Waals surface area contributed by atoms with Gasteiger partial charge in [0.25, 0.3) is 0 Å². The monoisotopic (exact) mass is 335 g/mol. The minimum atomic E-state index is -3.47. The van der Waals surface area contributed by atoms with Crippen molar-refractivity contribution in [1.82, 2.24) is 9.62 Å². The minimum Gasteiger partial charge on any atom is -0.398 e. The molecule has 7 heteroatoms. The molecule has 0 unspecified atom stereocenters. The average Bonchev–Trinajstić information content (AvgIpc) is 2.32. The smallest absolute Gasteiger partial charge is 0.240 e. The van der Waals surface area contributed by atoms with Gasteiger partial charge in [0.05, 0.1) is 4.90 Å². The summed E-state index contributed by atoms with van der Waals surface area (Å²) in [5, 5.41) is 0. The third-order valence-corrected chi connectivity index (χ3v) is 4.75. The first kappa shape index (κ1) is 15.4. The molecular formula is C11H18BrN3O2S. The fraction of sp³-hybridized carbons (Fsp3) is 0.455. The van der Waals surface area contributed by atoms with Crippen LogP contribution in [0.4, 0.5) is 5.69 Å². The zero-order valence-electron chi connectivity index (χ0n) is 10.5. The van der Waals surface area contributed by atoms with Gasteiger partial charge in [0, 0.05) is 23.2 Å². The molecule has 3 N–H and O–H groups in total. The number of nitrogen functional groups attached to an aromatic ring is 1. The summed E-state index contributed by atoms with van der Waals surface area (Å²) < 4.78 is 27.1. The highest BCUT2D eigenvalue weighted by Gasteiger charge is 2.14. The van der Waals surface area contributed by atoms with Gasteiger partial charge >= 0.3 is 0 Å². The number of hydrogen-bond acceptors (Lipinski definition) is 4. The second-order valence-electron chi connectivity index (χ2n) is 3.98. The van der Waals surface area contributed by atoms with Crippen molar-refractivity contribution in [3.8, 4) is 0 Å². The van der Waals surface area contributed by atoms with Crippen molar-refractivity contribution in [2.75, 3.05) is 32.4 Å². The van der Waals surface area contributed by atoms with Gasteiger partial charge in [-0.05, 0) is 47.7 Å². The van der Waals surface area contributed by atoms with Crippen LogP contribution in [0.2, 0.25) is 0 Å². The summed E-state index contributed by atoms with van der Waals surface area (Å²) in [6, 6.07) is 4.56. The van der Waals surface area contributed by atoms with E-state index in [9.17, 15) is 8.42 Å². The van der Waals surface area contributed by atoms with E-state index in [0.29, 0.717) is 23.2 Å². The first-order chi connectivity index (χ1) is 8.36. The normalized spacial score (nSPS) is 12.0. The van der Waals surface area contributed by atoms with Crippen LogP contribution in [0.3, 0.4) is 0 Å². The average molecular weight is 336 g/mol. The minimum absolute atomic E-state index is 0.211. The number of likely N-dealkylation sites (N-methyl/N-ethyl adjacent to an activating group) is 1. The molecule has 0 radical (unpaired) electrons. The predicted molar refractivity (Wildman–Crippen MR) is 76.9 cm³/mol. The number of benzene rings is 1. The van der Waals surface area contributed by atoms with Crippen molar-refractivity contribution in [3.63, 3.8) is 0 Å². The number of nitrogens with one attached hydrogen (secondary N) is 1. The lowest BCUT2D eigenvalue weighted by Crippen LogP contribution is -2.32. The molecule has 0 heterocycles. The first-order valence-electron chi connectivity index (χ1n) is 5.60. The SMILES string of the molecule is CCN(C)CCNS(=O)(=O)c1ccc(N)c(Br)c1. The maximum atomic E-state index is 12.0. The lowest BCUT2D eigenvalue weighted by atomic mass is 10.3. The van der Waals surface area contributed by atoms with Gasteiger partial charge < -0.3 is 10.6 Å². The van der Waals surface area contributed by atoms with Gasteiger partial charge in [0.1, 0.15) is 0 Å². The van der Waals surface area contributed by atoms with E-state index < -0.39 is 10.0 Å². The highest BCUT2D eigenvalue weighted by Crippen LogP contribution is 2.22. The molecule has 0 atom stereocenters. The van der Waals surface area contributed by atoms with Crippen molar-refractivity contribution in [1.29, 1.82) is 0 Å². The molecule has 0 aliphatic rings. The van der Waals surface area contributed by atoms with E-state index in [4.69, 9.17) is 5.73 Å². The number of hydrogen-bond donors (Lipinski definition) is 2. The zero-order chi connectivity index (χ0) is 13.8. The summed E-state index contributed by atoms with van der Waals surface area (Å²) in [5.74, 6) is 0. The second-order valence-corrected chi connectivity index (χ2v) is 6.60. The molecule has 0 saturated carbocycles. The number of nitrogens with two attached hydrogens (primary N) is 1. The third kappa shape index (κ3) is 4.24. The lowest BCUT2D eigenvalue weighted by Gasteiger charge is -2.14. The molecule has 0 aliphatic carbocycles. The van der Waals surface area contributed by atoms with Crippen LogP contribution in [0, 0.1) is 0 Å². The van der Waals surface area contributed by atoms with E-state index in [2.05, 4.69) is 20.7 Å². The Bertz CT molecular complexity index is 505. The third-order valence-electron chi connectivity index (χ3n) is 2.61. The van der Waals surface area contributed by atoms with Crippen molar-refractivity contribution in [2.45, 2.75) is 11.8 Å². The standard InChI is InChI=1S/C11H18BrN3O2S/c1-3-15(2)7-6-14-18(16,17)9-4-5-11(13)10(12)8-9/h4-5,8,14H,3,6-7,13H2,1-2H3. The van der Waals surface area contributed by atoms with Crippen molar-refractivity contribution in [3.05, 3.63) is 22.7 Å². The van der Waals surface area contributed by atoms with E-state index in [1.165, 1.54) is 12.1 Å². The van der Waals surface area contributed by atoms with Gasteiger partial charge in [-0.1, -0.05) is 6.92 Å². The van der Waals surface area contributed by atoms with Crippen LogP contribution in [0.25, 0.3) is 0 Å². The molecular weight excluding hydrogens is 318 g/mol. The van der Waals surface area contributed by atoms with Crippen molar-refractivity contribution >= 4 is 31.6 Å². The van der Waals surface area contributed by atoms with Crippen LogP contribution < -0.4 is 10.5 Å². The maximum absolute atomic E-state index is 12.0. The molecule has 1 aromatic rings. The van der Waals surface area contributed by atoms with Crippen LogP contribution in [-0.4, -0.2) is 40.0 Å². The molecule has 0 saturated heterocycles. The first-order valence-corrected chi connectivity index (χ1v) is 7.87. The van der Waals surface area contributed by atoms with Gasteiger partial charge in [-0.3, -0.25) is 0 Å². The summed E-state index contributed by atoms with van der Waals surface area (Å²) in [6.07, 6.45) is 0. The highest BCUT2D eigenvalue weighted by atomic mass is 79.9. The Kier molecular flexibility index (Phi) is 5.58. The van der Waals surface area contributed by atoms with Gasteiger partial charge in [0.15, 0.2) is 0 Å². The molecule has 18 heavy (non-hydrogen) atoms. The topological polar surface area (TPSA) is 75.4 Å². The van der Waals surface area contributed by atoms with Gasteiger partial charge in [-0.25, -0.2) is 13.1 Å². The number of sulfonamides is 1. The van der Waals surface area contributed by atoms with Crippen LogP contribution >= 0.6 is 15.9 Å². The molecule has 1 aromatic carbocycles. The van der Waals surface area contributed by atoms with E-state index in [1.807, 2.05) is 18.9 Å². The fourth-order valence-electron chi connectivity index (χ4n) is 1.29. The quantitative estimate of drug-likeness (QED) is 0.767. The maximum Gasteiger partial charge on any atom is 0.240 e. The molecule has 0 bridgehead atoms. The molecule has 0 fully saturated rings.